The first-order valence-corrected chi connectivity index (χ1v) is 6.65. The van der Waals surface area contributed by atoms with Gasteiger partial charge in [-0.3, -0.25) is 0 Å². The molecule has 2 aliphatic heterocycles. The molecule has 1 atom stereocenters. The quantitative estimate of drug-likeness (QED) is 0.872. The lowest BCUT2D eigenvalue weighted by Gasteiger charge is -2.10. The van der Waals surface area contributed by atoms with Crippen molar-refractivity contribution in [3.05, 3.63) is 41.5 Å². The maximum absolute atomic E-state index is 4.36. The van der Waals surface area contributed by atoms with Gasteiger partial charge in [0.15, 0.2) is 0 Å². The molecule has 4 heteroatoms. The van der Waals surface area contributed by atoms with Gasteiger partial charge in [0, 0.05) is 37.5 Å². The Bertz CT molecular complexity index is 587. The molecule has 1 aromatic carbocycles. The van der Waals surface area contributed by atoms with Crippen molar-refractivity contribution < 1.29 is 0 Å². The first kappa shape index (κ1) is 10.1. The van der Waals surface area contributed by atoms with Gasteiger partial charge < -0.3 is 9.88 Å². The number of rotatable bonds is 2. The van der Waals surface area contributed by atoms with Crippen molar-refractivity contribution in [2.75, 3.05) is 11.9 Å². The summed E-state index contributed by atoms with van der Waals surface area (Å²) in [5.74, 6) is 2.87. The standard InChI is InChI=1S/C14H16N4/c1-2-5-12-11(4-1)10(9-15-12)8-14-17-16-13-6-3-7-18(13)14/h1-2,4-5,10,15H,3,6-9H2. The summed E-state index contributed by atoms with van der Waals surface area (Å²) in [6.45, 7) is 2.11. The molecule has 1 unspecified atom stereocenters. The Balaban J connectivity index is 1.63. The third kappa shape index (κ3) is 1.45. The van der Waals surface area contributed by atoms with E-state index in [4.69, 9.17) is 0 Å². The Kier molecular flexibility index (Phi) is 2.15. The van der Waals surface area contributed by atoms with E-state index >= 15 is 0 Å². The zero-order chi connectivity index (χ0) is 11.9. The number of nitrogens with zero attached hydrogens (tertiary/aromatic N) is 3. The van der Waals surface area contributed by atoms with Crippen molar-refractivity contribution in [3.8, 4) is 0 Å². The van der Waals surface area contributed by atoms with E-state index in [0.29, 0.717) is 5.92 Å². The minimum Gasteiger partial charge on any atom is -0.384 e. The van der Waals surface area contributed by atoms with E-state index in [1.54, 1.807) is 0 Å². The predicted molar refractivity (Wildman–Crippen MR) is 69.7 cm³/mol. The van der Waals surface area contributed by atoms with Gasteiger partial charge >= 0.3 is 0 Å². The summed E-state index contributed by atoms with van der Waals surface area (Å²) in [6, 6.07) is 8.58. The average molecular weight is 240 g/mol. The van der Waals surface area contributed by atoms with E-state index in [1.165, 1.54) is 23.5 Å². The van der Waals surface area contributed by atoms with E-state index in [9.17, 15) is 0 Å². The largest absolute Gasteiger partial charge is 0.384 e. The predicted octanol–water partition coefficient (Wildman–Crippen LogP) is 1.98. The molecule has 1 N–H and O–H groups in total. The molecular weight excluding hydrogens is 224 g/mol. The molecule has 2 aliphatic rings. The van der Waals surface area contributed by atoms with Crippen molar-refractivity contribution in [1.82, 2.24) is 14.8 Å². The second-order valence-corrected chi connectivity index (χ2v) is 5.16. The summed E-state index contributed by atoms with van der Waals surface area (Å²) in [4.78, 5) is 0. The molecule has 4 rings (SSSR count). The van der Waals surface area contributed by atoms with Crippen LogP contribution in [0.1, 0.15) is 29.6 Å². The summed E-state index contributed by atoms with van der Waals surface area (Å²) < 4.78 is 2.31. The van der Waals surface area contributed by atoms with Gasteiger partial charge in [0.25, 0.3) is 0 Å². The van der Waals surface area contributed by atoms with Crippen molar-refractivity contribution in [2.24, 2.45) is 0 Å². The lowest BCUT2D eigenvalue weighted by Crippen LogP contribution is -2.10. The van der Waals surface area contributed by atoms with Crippen LogP contribution in [0.2, 0.25) is 0 Å². The molecule has 0 fully saturated rings. The molecule has 0 aliphatic carbocycles. The maximum atomic E-state index is 4.36. The molecule has 1 aromatic heterocycles. The summed E-state index contributed by atoms with van der Waals surface area (Å²) in [5, 5.41) is 12.1. The van der Waals surface area contributed by atoms with Crippen LogP contribution in [0.15, 0.2) is 24.3 Å². The van der Waals surface area contributed by atoms with Crippen molar-refractivity contribution >= 4 is 5.69 Å². The summed E-state index contributed by atoms with van der Waals surface area (Å²) in [7, 11) is 0. The number of fused-ring (bicyclic) bond motifs is 2. The topological polar surface area (TPSA) is 42.7 Å². The SMILES string of the molecule is c1ccc2c(c1)NCC2Cc1nnc2n1CCC2. The van der Waals surface area contributed by atoms with Gasteiger partial charge in [-0.1, -0.05) is 18.2 Å². The molecule has 0 spiro atoms. The van der Waals surface area contributed by atoms with Crippen LogP contribution in [0.3, 0.4) is 0 Å². The molecule has 18 heavy (non-hydrogen) atoms. The van der Waals surface area contributed by atoms with Gasteiger partial charge in [-0.2, -0.15) is 0 Å². The van der Waals surface area contributed by atoms with Crippen LogP contribution < -0.4 is 5.32 Å². The second-order valence-electron chi connectivity index (χ2n) is 5.16. The number of aromatic nitrogens is 3. The number of hydrogen-bond donors (Lipinski definition) is 1. The first-order chi connectivity index (χ1) is 8.92. The molecule has 0 amide bonds. The fraction of sp³-hybridized carbons (Fsp3) is 0.429. The fourth-order valence-corrected chi connectivity index (χ4v) is 3.12. The van der Waals surface area contributed by atoms with Crippen LogP contribution in [0.25, 0.3) is 0 Å². The third-order valence-electron chi connectivity index (χ3n) is 4.05. The Morgan fingerprint density at radius 1 is 1.28 bits per heavy atom. The normalized spacial score (nSPS) is 20.6. The molecular formula is C14H16N4. The zero-order valence-corrected chi connectivity index (χ0v) is 10.3. The number of hydrogen-bond acceptors (Lipinski definition) is 3. The van der Waals surface area contributed by atoms with Crippen LogP contribution >= 0.6 is 0 Å². The third-order valence-corrected chi connectivity index (χ3v) is 4.05. The molecule has 2 aromatic rings. The monoisotopic (exact) mass is 240 g/mol. The first-order valence-electron chi connectivity index (χ1n) is 6.65. The van der Waals surface area contributed by atoms with Crippen LogP contribution in [-0.4, -0.2) is 21.3 Å². The number of anilines is 1. The molecule has 3 heterocycles. The number of aryl methyl sites for hydroxylation is 1. The van der Waals surface area contributed by atoms with E-state index in [2.05, 4.69) is 44.3 Å². The van der Waals surface area contributed by atoms with Crippen LogP contribution in [0, 0.1) is 0 Å². The van der Waals surface area contributed by atoms with Crippen LogP contribution in [0.5, 0.6) is 0 Å². The highest BCUT2D eigenvalue weighted by molar-refractivity contribution is 5.57. The highest BCUT2D eigenvalue weighted by atomic mass is 15.3. The molecule has 4 nitrogen and oxygen atoms in total. The Labute approximate surface area is 106 Å². The summed E-state index contributed by atoms with van der Waals surface area (Å²) >= 11 is 0. The summed E-state index contributed by atoms with van der Waals surface area (Å²) in [5.41, 5.74) is 2.71. The Morgan fingerprint density at radius 2 is 2.22 bits per heavy atom. The van der Waals surface area contributed by atoms with Crippen LogP contribution in [0.4, 0.5) is 5.69 Å². The number of para-hydroxylation sites is 1. The Hall–Kier alpha value is -1.84. The van der Waals surface area contributed by atoms with E-state index in [-0.39, 0.29) is 0 Å². The van der Waals surface area contributed by atoms with Gasteiger partial charge in [-0.15, -0.1) is 10.2 Å². The van der Waals surface area contributed by atoms with Gasteiger partial charge in [0.1, 0.15) is 11.6 Å². The van der Waals surface area contributed by atoms with Crippen molar-refractivity contribution in [3.63, 3.8) is 0 Å². The summed E-state index contributed by atoms with van der Waals surface area (Å²) in [6.07, 6.45) is 3.31. The highest BCUT2D eigenvalue weighted by Crippen LogP contribution is 2.33. The van der Waals surface area contributed by atoms with Gasteiger partial charge in [-0.05, 0) is 18.1 Å². The fourth-order valence-electron chi connectivity index (χ4n) is 3.12. The number of benzene rings is 1. The maximum Gasteiger partial charge on any atom is 0.133 e. The van der Waals surface area contributed by atoms with Crippen LogP contribution in [-0.2, 0) is 19.4 Å². The molecule has 0 radical (unpaired) electrons. The highest BCUT2D eigenvalue weighted by Gasteiger charge is 2.25. The minimum atomic E-state index is 0.537. The molecule has 0 bridgehead atoms. The van der Waals surface area contributed by atoms with Crippen molar-refractivity contribution in [1.29, 1.82) is 0 Å². The van der Waals surface area contributed by atoms with Gasteiger partial charge in [0.2, 0.25) is 0 Å². The van der Waals surface area contributed by atoms with Gasteiger partial charge in [0.05, 0.1) is 0 Å². The van der Waals surface area contributed by atoms with E-state index in [1.807, 2.05) is 0 Å². The second kappa shape index (κ2) is 3.83. The minimum absolute atomic E-state index is 0.537. The van der Waals surface area contributed by atoms with Gasteiger partial charge in [-0.25, -0.2) is 0 Å². The smallest absolute Gasteiger partial charge is 0.133 e. The lowest BCUT2D eigenvalue weighted by atomic mass is 9.97. The van der Waals surface area contributed by atoms with E-state index < -0.39 is 0 Å². The average Bonchev–Trinajstić information content (AvgIpc) is 3.08. The lowest BCUT2D eigenvalue weighted by molar-refractivity contribution is 0.636. The zero-order valence-electron chi connectivity index (χ0n) is 10.3. The Morgan fingerprint density at radius 3 is 3.22 bits per heavy atom. The van der Waals surface area contributed by atoms with Crippen molar-refractivity contribution in [2.45, 2.75) is 31.7 Å². The molecule has 92 valence electrons. The molecule has 0 saturated carbocycles. The number of nitrogens with one attached hydrogen (secondary N) is 1. The molecule has 0 saturated heterocycles. The van der Waals surface area contributed by atoms with E-state index in [0.717, 1.165) is 31.8 Å².